The number of rotatable bonds is 5. The lowest BCUT2D eigenvalue weighted by molar-refractivity contribution is 0.0697. The number of ether oxygens (including phenoxy) is 1. The van der Waals surface area contributed by atoms with Crippen molar-refractivity contribution in [3.05, 3.63) is 70.2 Å². The van der Waals surface area contributed by atoms with Gasteiger partial charge in [-0.25, -0.2) is 9.59 Å². The van der Waals surface area contributed by atoms with Gasteiger partial charge in [-0.2, -0.15) is 0 Å². The number of carbonyl (C=O) groups is 2. The smallest absolute Gasteiger partial charge is 0.335 e. The van der Waals surface area contributed by atoms with Gasteiger partial charge in [0, 0.05) is 18.2 Å². The zero-order valence-corrected chi connectivity index (χ0v) is 14.7. The molecule has 0 bridgehead atoms. The Morgan fingerprint density at radius 2 is 1.81 bits per heavy atom. The largest absolute Gasteiger partial charge is 0.478 e. The molecule has 1 aliphatic rings. The van der Waals surface area contributed by atoms with Crippen molar-refractivity contribution in [3.63, 3.8) is 0 Å². The van der Waals surface area contributed by atoms with E-state index in [-0.39, 0.29) is 23.7 Å². The highest BCUT2D eigenvalue weighted by atomic mass is 35.5. The second kappa shape index (κ2) is 8.21. The molecule has 1 heterocycles. The van der Waals surface area contributed by atoms with Crippen LogP contribution in [0.25, 0.3) is 0 Å². The van der Waals surface area contributed by atoms with Crippen molar-refractivity contribution in [1.29, 1.82) is 0 Å². The number of hydrogen-bond donors (Lipinski definition) is 3. The highest BCUT2D eigenvalue weighted by Crippen LogP contribution is 2.29. The maximum Gasteiger partial charge on any atom is 0.335 e. The van der Waals surface area contributed by atoms with Crippen molar-refractivity contribution in [2.24, 2.45) is 0 Å². The zero-order valence-electron chi connectivity index (χ0n) is 13.9. The molecule has 26 heavy (non-hydrogen) atoms. The summed E-state index contributed by atoms with van der Waals surface area (Å²) in [6, 6.07) is 13.4. The molecule has 0 saturated carbocycles. The molecule has 1 fully saturated rings. The third-order valence-corrected chi connectivity index (χ3v) is 4.51. The molecular weight excluding hydrogens is 356 g/mol. The number of benzene rings is 2. The van der Waals surface area contributed by atoms with Crippen LogP contribution in [0.4, 0.5) is 4.79 Å². The number of carboxylic acid groups (broad SMARTS) is 1. The van der Waals surface area contributed by atoms with Crippen LogP contribution in [0.5, 0.6) is 0 Å². The molecule has 2 unspecified atom stereocenters. The number of urea groups is 1. The highest BCUT2D eigenvalue weighted by molar-refractivity contribution is 6.30. The summed E-state index contributed by atoms with van der Waals surface area (Å²) in [5.74, 6) is -0.975. The second-order valence-corrected chi connectivity index (χ2v) is 6.50. The fourth-order valence-corrected chi connectivity index (χ4v) is 3.01. The van der Waals surface area contributed by atoms with Crippen molar-refractivity contribution in [1.82, 2.24) is 10.6 Å². The van der Waals surface area contributed by atoms with Crippen molar-refractivity contribution < 1.29 is 19.4 Å². The van der Waals surface area contributed by atoms with E-state index in [1.165, 1.54) is 12.1 Å². The molecule has 1 aliphatic heterocycles. The van der Waals surface area contributed by atoms with E-state index in [4.69, 9.17) is 21.4 Å². The average Bonchev–Trinajstić information content (AvgIpc) is 3.09. The monoisotopic (exact) mass is 374 g/mol. The first-order valence-corrected chi connectivity index (χ1v) is 8.64. The molecular formula is C19H19ClN2O4. The number of hydrogen-bond acceptors (Lipinski definition) is 3. The Morgan fingerprint density at radius 1 is 1.12 bits per heavy atom. The van der Waals surface area contributed by atoms with E-state index in [0.29, 0.717) is 18.2 Å². The van der Waals surface area contributed by atoms with Crippen LogP contribution in [0.1, 0.15) is 34.0 Å². The lowest BCUT2D eigenvalue weighted by Gasteiger charge is -2.20. The van der Waals surface area contributed by atoms with Gasteiger partial charge in [0.25, 0.3) is 0 Å². The number of carbonyl (C=O) groups excluding carboxylic acids is 1. The molecule has 2 atom stereocenters. The van der Waals surface area contributed by atoms with Crippen molar-refractivity contribution in [2.75, 3.05) is 6.61 Å². The predicted octanol–water partition coefficient (Wildman–Crippen LogP) is 3.37. The van der Waals surface area contributed by atoms with Gasteiger partial charge in [0.15, 0.2) is 0 Å². The first-order valence-electron chi connectivity index (χ1n) is 8.26. The minimum atomic E-state index is -0.975. The van der Waals surface area contributed by atoms with E-state index in [0.717, 1.165) is 17.5 Å². The van der Waals surface area contributed by atoms with Crippen LogP contribution >= 0.6 is 11.6 Å². The standard InChI is InChI=1S/C19H19ClN2O4/c20-15-7-5-13(6-8-15)17-16(9-10-26-17)22-19(25)21-11-12-1-3-14(4-2-12)18(23)24/h1-8,16-17H,9-11H2,(H,23,24)(H2,21,22,25). The van der Waals surface area contributed by atoms with Crippen molar-refractivity contribution in [2.45, 2.75) is 25.1 Å². The van der Waals surface area contributed by atoms with E-state index in [9.17, 15) is 9.59 Å². The maximum atomic E-state index is 12.2. The normalized spacial score (nSPS) is 19.1. The lowest BCUT2D eigenvalue weighted by Crippen LogP contribution is -2.43. The van der Waals surface area contributed by atoms with Crippen LogP contribution < -0.4 is 10.6 Å². The highest BCUT2D eigenvalue weighted by Gasteiger charge is 2.30. The number of carboxylic acids is 1. The first-order chi connectivity index (χ1) is 12.5. The van der Waals surface area contributed by atoms with Crippen LogP contribution in [0.2, 0.25) is 5.02 Å². The third kappa shape index (κ3) is 4.53. The fourth-order valence-electron chi connectivity index (χ4n) is 2.89. The molecule has 2 aromatic rings. The summed E-state index contributed by atoms with van der Waals surface area (Å²) in [6.45, 7) is 0.889. The quantitative estimate of drug-likeness (QED) is 0.748. The Morgan fingerprint density at radius 3 is 2.46 bits per heavy atom. The van der Waals surface area contributed by atoms with Gasteiger partial charge in [0.05, 0.1) is 11.6 Å². The Hall–Kier alpha value is -2.57. The van der Waals surface area contributed by atoms with Crippen LogP contribution in [-0.2, 0) is 11.3 Å². The number of aromatic carboxylic acids is 1. The van der Waals surface area contributed by atoms with Gasteiger partial charge in [-0.05, 0) is 41.8 Å². The van der Waals surface area contributed by atoms with E-state index >= 15 is 0 Å². The Bertz CT molecular complexity index is 777. The van der Waals surface area contributed by atoms with Gasteiger partial charge >= 0.3 is 12.0 Å². The van der Waals surface area contributed by atoms with Gasteiger partial charge in [0.2, 0.25) is 0 Å². The molecule has 1 saturated heterocycles. The summed E-state index contributed by atoms with van der Waals surface area (Å²) in [4.78, 5) is 23.0. The first kappa shape index (κ1) is 18.2. The number of nitrogens with one attached hydrogen (secondary N) is 2. The Kier molecular flexibility index (Phi) is 5.75. The maximum absolute atomic E-state index is 12.2. The molecule has 7 heteroatoms. The fraction of sp³-hybridized carbons (Fsp3) is 0.263. The minimum Gasteiger partial charge on any atom is -0.478 e. The molecule has 6 nitrogen and oxygen atoms in total. The molecule has 3 N–H and O–H groups in total. The van der Waals surface area contributed by atoms with E-state index in [2.05, 4.69) is 10.6 Å². The molecule has 136 valence electrons. The van der Waals surface area contributed by atoms with Gasteiger partial charge < -0.3 is 20.5 Å². The Balaban J connectivity index is 1.53. The predicted molar refractivity (Wildman–Crippen MR) is 97.3 cm³/mol. The third-order valence-electron chi connectivity index (χ3n) is 4.26. The van der Waals surface area contributed by atoms with Crippen LogP contribution in [0, 0.1) is 0 Å². The van der Waals surface area contributed by atoms with Gasteiger partial charge in [-0.15, -0.1) is 0 Å². The summed E-state index contributed by atoms with van der Waals surface area (Å²) in [5.41, 5.74) is 2.01. The molecule has 0 aromatic heterocycles. The lowest BCUT2D eigenvalue weighted by atomic mass is 10.0. The molecule has 0 radical (unpaired) electrons. The van der Waals surface area contributed by atoms with Crippen molar-refractivity contribution >= 4 is 23.6 Å². The molecule has 0 spiro atoms. The SMILES string of the molecule is O=C(NCc1ccc(C(=O)O)cc1)NC1CCOC1c1ccc(Cl)cc1. The van der Waals surface area contributed by atoms with E-state index in [1.54, 1.807) is 24.3 Å². The minimum absolute atomic E-state index is 0.120. The second-order valence-electron chi connectivity index (χ2n) is 6.07. The summed E-state index contributed by atoms with van der Waals surface area (Å²) in [7, 11) is 0. The molecule has 3 rings (SSSR count). The number of halogens is 1. The van der Waals surface area contributed by atoms with Crippen molar-refractivity contribution in [3.8, 4) is 0 Å². The topological polar surface area (TPSA) is 87.7 Å². The summed E-state index contributed by atoms with van der Waals surface area (Å²) in [6.07, 6.45) is 0.529. The molecule has 2 aromatic carbocycles. The number of amides is 2. The Labute approximate surface area is 156 Å². The summed E-state index contributed by atoms with van der Waals surface area (Å²) in [5, 5.41) is 15.3. The zero-order chi connectivity index (χ0) is 18.5. The average molecular weight is 375 g/mol. The van der Waals surface area contributed by atoms with Gasteiger partial charge in [-0.3, -0.25) is 0 Å². The van der Waals surface area contributed by atoms with Crippen LogP contribution in [-0.4, -0.2) is 29.8 Å². The summed E-state index contributed by atoms with van der Waals surface area (Å²) < 4.78 is 5.75. The van der Waals surface area contributed by atoms with E-state index in [1.807, 2.05) is 12.1 Å². The summed E-state index contributed by atoms with van der Waals surface area (Å²) >= 11 is 5.91. The van der Waals surface area contributed by atoms with E-state index < -0.39 is 5.97 Å². The van der Waals surface area contributed by atoms with Gasteiger partial charge in [-0.1, -0.05) is 35.9 Å². The molecule has 0 aliphatic carbocycles. The van der Waals surface area contributed by atoms with Crippen LogP contribution in [0.3, 0.4) is 0 Å². The van der Waals surface area contributed by atoms with Crippen LogP contribution in [0.15, 0.2) is 48.5 Å². The molecule has 2 amide bonds. The van der Waals surface area contributed by atoms with Gasteiger partial charge in [0.1, 0.15) is 6.10 Å².